The monoisotopic (exact) mass is 239 g/mol. The van der Waals surface area contributed by atoms with Gasteiger partial charge in [-0.05, 0) is 12.8 Å². The van der Waals surface area contributed by atoms with E-state index >= 15 is 0 Å². The van der Waals surface area contributed by atoms with E-state index in [-0.39, 0.29) is 5.91 Å². The quantitative estimate of drug-likeness (QED) is 0.873. The molecule has 5 heteroatoms. The first-order valence-corrected chi connectivity index (χ1v) is 6.47. The fourth-order valence-corrected chi connectivity index (χ4v) is 2.82. The molecule has 2 heterocycles. The van der Waals surface area contributed by atoms with E-state index in [9.17, 15) is 4.79 Å². The van der Waals surface area contributed by atoms with Gasteiger partial charge in [-0.15, -0.1) is 11.3 Å². The summed E-state index contributed by atoms with van der Waals surface area (Å²) in [5.74, 6) is 0.763. The number of rotatable bonds is 4. The topological polar surface area (TPSA) is 45.2 Å². The van der Waals surface area contributed by atoms with Crippen LogP contribution in [-0.4, -0.2) is 28.9 Å². The lowest BCUT2D eigenvalue weighted by Gasteiger charge is -2.13. The van der Waals surface area contributed by atoms with Gasteiger partial charge in [0.25, 0.3) is 0 Å². The molecular formula is C11H17N3OS. The molecule has 1 aliphatic heterocycles. The molecule has 1 N–H and O–H groups in total. The number of likely N-dealkylation sites (tertiary alicyclic amines) is 1. The van der Waals surface area contributed by atoms with Gasteiger partial charge in [0.1, 0.15) is 0 Å². The molecule has 0 radical (unpaired) electrons. The highest BCUT2D eigenvalue weighted by molar-refractivity contribution is 7.15. The molecule has 1 atom stereocenters. The number of carbonyl (C=O) groups excluding carboxylic acids is 1. The first-order chi connectivity index (χ1) is 7.69. The van der Waals surface area contributed by atoms with Crippen molar-refractivity contribution in [1.82, 2.24) is 9.88 Å². The molecule has 16 heavy (non-hydrogen) atoms. The second-order valence-corrected chi connectivity index (χ2v) is 5.36. The van der Waals surface area contributed by atoms with Crippen LogP contribution in [0.25, 0.3) is 0 Å². The van der Waals surface area contributed by atoms with Crippen LogP contribution in [0, 0.1) is 5.92 Å². The molecule has 0 bridgehead atoms. The fraction of sp³-hybridized carbons (Fsp3) is 0.636. The molecule has 1 fully saturated rings. The van der Waals surface area contributed by atoms with Crippen LogP contribution in [0.2, 0.25) is 0 Å². The summed E-state index contributed by atoms with van der Waals surface area (Å²) in [5.41, 5.74) is 0. The Morgan fingerprint density at radius 2 is 2.50 bits per heavy atom. The van der Waals surface area contributed by atoms with Gasteiger partial charge in [0, 0.05) is 30.6 Å². The van der Waals surface area contributed by atoms with Crippen LogP contribution < -0.4 is 5.32 Å². The Balaban J connectivity index is 1.95. The van der Waals surface area contributed by atoms with Crippen LogP contribution in [0.15, 0.2) is 6.20 Å². The maximum absolute atomic E-state index is 11.6. The van der Waals surface area contributed by atoms with Crippen molar-refractivity contribution in [2.24, 2.45) is 5.92 Å². The van der Waals surface area contributed by atoms with Crippen molar-refractivity contribution in [1.29, 1.82) is 0 Å². The van der Waals surface area contributed by atoms with Gasteiger partial charge >= 0.3 is 0 Å². The number of anilines is 1. The molecule has 0 aliphatic carbocycles. The SMILES string of the molecule is CCNc1ncc(CN2CC(C)CC2=O)s1. The zero-order valence-corrected chi connectivity index (χ0v) is 10.5. The highest BCUT2D eigenvalue weighted by Crippen LogP contribution is 2.23. The van der Waals surface area contributed by atoms with Crippen LogP contribution >= 0.6 is 11.3 Å². The lowest BCUT2D eigenvalue weighted by molar-refractivity contribution is -0.128. The van der Waals surface area contributed by atoms with Crippen molar-refractivity contribution >= 4 is 22.4 Å². The Morgan fingerprint density at radius 3 is 3.12 bits per heavy atom. The molecule has 1 aromatic heterocycles. The first-order valence-electron chi connectivity index (χ1n) is 5.65. The fourth-order valence-electron chi connectivity index (χ4n) is 1.92. The minimum absolute atomic E-state index is 0.269. The Hall–Kier alpha value is -1.10. The summed E-state index contributed by atoms with van der Waals surface area (Å²) in [7, 11) is 0. The van der Waals surface area contributed by atoms with Crippen molar-refractivity contribution < 1.29 is 4.79 Å². The van der Waals surface area contributed by atoms with Gasteiger partial charge in [-0.25, -0.2) is 4.98 Å². The van der Waals surface area contributed by atoms with Crippen LogP contribution in [0.5, 0.6) is 0 Å². The van der Waals surface area contributed by atoms with Gasteiger partial charge in [-0.2, -0.15) is 0 Å². The van der Waals surface area contributed by atoms with Crippen molar-refractivity contribution in [2.75, 3.05) is 18.4 Å². The van der Waals surface area contributed by atoms with Crippen molar-refractivity contribution in [3.63, 3.8) is 0 Å². The van der Waals surface area contributed by atoms with E-state index in [1.165, 1.54) is 0 Å². The predicted molar refractivity (Wildman–Crippen MR) is 65.5 cm³/mol. The number of nitrogens with zero attached hydrogens (tertiary/aromatic N) is 2. The Labute approximate surface area is 99.7 Å². The van der Waals surface area contributed by atoms with Crippen LogP contribution in [0.1, 0.15) is 25.1 Å². The minimum atomic E-state index is 0.269. The van der Waals surface area contributed by atoms with Crippen molar-refractivity contribution in [3.8, 4) is 0 Å². The maximum atomic E-state index is 11.6. The van der Waals surface area contributed by atoms with Gasteiger partial charge in [0.05, 0.1) is 6.54 Å². The lowest BCUT2D eigenvalue weighted by atomic mass is 10.2. The second-order valence-electron chi connectivity index (χ2n) is 4.25. The Kier molecular flexibility index (Phi) is 3.43. The molecule has 1 unspecified atom stereocenters. The summed E-state index contributed by atoms with van der Waals surface area (Å²) >= 11 is 1.63. The highest BCUT2D eigenvalue weighted by Gasteiger charge is 2.26. The number of hydrogen-bond donors (Lipinski definition) is 1. The predicted octanol–water partition coefficient (Wildman–Crippen LogP) is 1.94. The number of amides is 1. The third-order valence-electron chi connectivity index (χ3n) is 2.64. The number of aromatic nitrogens is 1. The molecule has 0 saturated carbocycles. The largest absolute Gasteiger partial charge is 0.362 e. The van der Waals surface area contributed by atoms with E-state index in [0.717, 1.165) is 23.1 Å². The van der Waals surface area contributed by atoms with Crippen LogP contribution in [-0.2, 0) is 11.3 Å². The van der Waals surface area contributed by atoms with Gasteiger partial charge < -0.3 is 10.2 Å². The molecule has 0 aromatic carbocycles. The zero-order valence-electron chi connectivity index (χ0n) is 9.69. The molecule has 1 amide bonds. The summed E-state index contributed by atoms with van der Waals surface area (Å²) < 4.78 is 0. The van der Waals surface area contributed by atoms with Crippen LogP contribution in [0.4, 0.5) is 5.13 Å². The summed E-state index contributed by atoms with van der Waals surface area (Å²) in [5, 5.41) is 4.12. The van der Waals surface area contributed by atoms with E-state index in [2.05, 4.69) is 17.2 Å². The smallest absolute Gasteiger partial charge is 0.223 e. The average molecular weight is 239 g/mol. The molecule has 4 nitrogen and oxygen atoms in total. The molecule has 1 saturated heterocycles. The van der Waals surface area contributed by atoms with Gasteiger partial charge in [-0.3, -0.25) is 4.79 Å². The molecule has 0 spiro atoms. The molecule has 2 rings (SSSR count). The normalized spacial score (nSPS) is 20.5. The van der Waals surface area contributed by atoms with E-state index in [4.69, 9.17) is 0 Å². The van der Waals surface area contributed by atoms with Gasteiger partial charge in [-0.1, -0.05) is 6.92 Å². The lowest BCUT2D eigenvalue weighted by Crippen LogP contribution is -2.23. The maximum Gasteiger partial charge on any atom is 0.223 e. The average Bonchev–Trinajstić information content (AvgIpc) is 2.76. The highest BCUT2D eigenvalue weighted by atomic mass is 32.1. The summed E-state index contributed by atoms with van der Waals surface area (Å²) in [6.07, 6.45) is 2.55. The van der Waals surface area contributed by atoms with Gasteiger partial charge in [0.2, 0.25) is 5.91 Å². The zero-order chi connectivity index (χ0) is 11.5. The molecular weight excluding hydrogens is 222 g/mol. The molecule has 1 aromatic rings. The third-order valence-corrected chi connectivity index (χ3v) is 3.58. The third kappa shape index (κ3) is 2.52. The Morgan fingerprint density at radius 1 is 1.69 bits per heavy atom. The van der Waals surface area contributed by atoms with E-state index < -0.39 is 0 Å². The van der Waals surface area contributed by atoms with E-state index in [1.54, 1.807) is 11.3 Å². The standard InChI is InChI=1S/C11H17N3OS/c1-3-12-11-13-5-9(16-11)7-14-6-8(2)4-10(14)15/h5,8H,3-4,6-7H2,1-2H3,(H,12,13). The van der Waals surface area contributed by atoms with Crippen LogP contribution in [0.3, 0.4) is 0 Å². The number of thiazole rings is 1. The molecule has 1 aliphatic rings. The second kappa shape index (κ2) is 4.82. The summed E-state index contributed by atoms with van der Waals surface area (Å²) in [4.78, 5) is 19.0. The number of carbonyl (C=O) groups is 1. The number of hydrogen-bond acceptors (Lipinski definition) is 4. The van der Waals surface area contributed by atoms with Crippen molar-refractivity contribution in [2.45, 2.75) is 26.8 Å². The van der Waals surface area contributed by atoms with Gasteiger partial charge in [0.15, 0.2) is 5.13 Å². The summed E-state index contributed by atoms with van der Waals surface area (Å²) in [6, 6.07) is 0. The summed E-state index contributed by atoms with van der Waals surface area (Å²) in [6.45, 7) is 6.65. The van der Waals surface area contributed by atoms with E-state index in [1.807, 2.05) is 18.0 Å². The van der Waals surface area contributed by atoms with E-state index in [0.29, 0.717) is 18.9 Å². The first kappa shape index (κ1) is 11.4. The Bertz CT molecular complexity index is 377. The number of nitrogens with one attached hydrogen (secondary N) is 1. The van der Waals surface area contributed by atoms with Crippen molar-refractivity contribution in [3.05, 3.63) is 11.1 Å². The molecule has 88 valence electrons. The minimum Gasteiger partial charge on any atom is -0.362 e.